The van der Waals surface area contributed by atoms with Crippen molar-refractivity contribution < 1.29 is 4.79 Å². The molecule has 1 amide bonds. The highest BCUT2D eigenvalue weighted by molar-refractivity contribution is 7.10. The van der Waals surface area contributed by atoms with Crippen molar-refractivity contribution in [3.63, 3.8) is 0 Å². The van der Waals surface area contributed by atoms with E-state index in [0.29, 0.717) is 6.04 Å². The van der Waals surface area contributed by atoms with Crippen molar-refractivity contribution in [2.45, 2.75) is 38.1 Å². The molecule has 5 heteroatoms. The number of rotatable bonds is 2. The molecule has 2 heterocycles. The Morgan fingerprint density at radius 3 is 3.00 bits per heavy atom. The minimum atomic E-state index is 0. The first-order valence-electron chi connectivity index (χ1n) is 6.45. The Hall–Kier alpha value is -0.580. The number of carbonyl (C=O) groups excluding carboxylic acids is 1. The second-order valence-corrected chi connectivity index (χ2v) is 5.89. The SMILES string of the molecule is Cl.O=C(NC1CCNC1)c1csc2c1CCCC2. The van der Waals surface area contributed by atoms with Crippen LogP contribution in [0.3, 0.4) is 0 Å². The lowest BCUT2D eigenvalue weighted by molar-refractivity contribution is 0.0939. The molecule has 0 bridgehead atoms. The molecule has 0 spiro atoms. The third-order valence-electron chi connectivity index (χ3n) is 3.70. The number of amides is 1. The van der Waals surface area contributed by atoms with E-state index in [4.69, 9.17) is 0 Å². The number of nitrogens with one attached hydrogen (secondary N) is 2. The van der Waals surface area contributed by atoms with Crippen LogP contribution in [-0.2, 0) is 12.8 Å². The summed E-state index contributed by atoms with van der Waals surface area (Å²) in [7, 11) is 0. The molecule has 1 saturated heterocycles. The summed E-state index contributed by atoms with van der Waals surface area (Å²) < 4.78 is 0. The highest BCUT2D eigenvalue weighted by Gasteiger charge is 2.23. The summed E-state index contributed by atoms with van der Waals surface area (Å²) in [6.07, 6.45) is 5.82. The normalized spacial score (nSPS) is 22.1. The number of halogens is 1. The van der Waals surface area contributed by atoms with Gasteiger partial charge in [-0.3, -0.25) is 4.79 Å². The summed E-state index contributed by atoms with van der Waals surface area (Å²) >= 11 is 1.76. The summed E-state index contributed by atoms with van der Waals surface area (Å²) in [5, 5.41) is 8.46. The van der Waals surface area contributed by atoms with E-state index in [0.717, 1.165) is 37.9 Å². The number of aryl methyl sites for hydroxylation is 1. The maximum Gasteiger partial charge on any atom is 0.252 e. The summed E-state index contributed by atoms with van der Waals surface area (Å²) in [6, 6.07) is 0.321. The molecule has 0 aromatic carbocycles. The molecule has 1 aromatic heterocycles. The van der Waals surface area contributed by atoms with Crippen LogP contribution < -0.4 is 10.6 Å². The van der Waals surface area contributed by atoms with Gasteiger partial charge in [0, 0.05) is 22.8 Å². The Bertz CT molecular complexity index is 427. The van der Waals surface area contributed by atoms with Crippen molar-refractivity contribution >= 4 is 29.7 Å². The molecule has 18 heavy (non-hydrogen) atoms. The Labute approximate surface area is 118 Å². The highest BCUT2D eigenvalue weighted by Crippen LogP contribution is 2.30. The largest absolute Gasteiger partial charge is 0.348 e. The Morgan fingerprint density at radius 2 is 2.22 bits per heavy atom. The van der Waals surface area contributed by atoms with Gasteiger partial charge in [-0.1, -0.05) is 0 Å². The topological polar surface area (TPSA) is 41.1 Å². The van der Waals surface area contributed by atoms with Crippen molar-refractivity contribution in [2.24, 2.45) is 0 Å². The third-order valence-corrected chi connectivity index (χ3v) is 4.79. The molecule has 1 aromatic rings. The van der Waals surface area contributed by atoms with Crippen LogP contribution in [-0.4, -0.2) is 25.0 Å². The summed E-state index contributed by atoms with van der Waals surface area (Å²) in [5.74, 6) is 0.137. The lowest BCUT2D eigenvalue weighted by Gasteiger charge is -2.14. The first-order valence-corrected chi connectivity index (χ1v) is 7.33. The summed E-state index contributed by atoms with van der Waals surface area (Å²) in [6.45, 7) is 1.94. The molecule has 1 aliphatic carbocycles. The molecule has 3 nitrogen and oxygen atoms in total. The molecule has 1 atom stereocenters. The van der Waals surface area contributed by atoms with Crippen LogP contribution in [0, 0.1) is 0 Å². The van der Waals surface area contributed by atoms with E-state index < -0.39 is 0 Å². The highest BCUT2D eigenvalue weighted by atomic mass is 35.5. The second kappa shape index (κ2) is 6.04. The zero-order valence-electron chi connectivity index (χ0n) is 10.3. The Morgan fingerprint density at radius 1 is 1.39 bits per heavy atom. The predicted octanol–water partition coefficient (Wildman–Crippen LogP) is 2.14. The minimum Gasteiger partial charge on any atom is -0.348 e. The van der Waals surface area contributed by atoms with E-state index >= 15 is 0 Å². The van der Waals surface area contributed by atoms with Gasteiger partial charge in [0.2, 0.25) is 0 Å². The van der Waals surface area contributed by atoms with Gasteiger partial charge in [0.05, 0.1) is 5.56 Å². The quantitative estimate of drug-likeness (QED) is 0.875. The number of fused-ring (bicyclic) bond motifs is 1. The number of hydrogen-bond donors (Lipinski definition) is 2. The molecule has 1 unspecified atom stereocenters. The van der Waals surface area contributed by atoms with Crippen molar-refractivity contribution in [2.75, 3.05) is 13.1 Å². The van der Waals surface area contributed by atoms with Gasteiger partial charge < -0.3 is 10.6 Å². The van der Waals surface area contributed by atoms with Gasteiger partial charge in [-0.25, -0.2) is 0 Å². The monoisotopic (exact) mass is 286 g/mol. The average Bonchev–Trinajstić information content (AvgIpc) is 2.96. The molecule has 100 valence electrons. The zero-order chi connectivity index (χ0) is 11.7. The first-order chi connectivity index (χ1) is 8.34. The van der Waals surface area contributed by atoms with Crippen molar-refractivity contribution in [3.8, 4) is 0 Å². The standard InChI is InChI=1S/C13H18N2OS.ClH/c16-13(15-9-5-6-14-7-9)11-8-17-12-4-2-1-3-10(11)12;/h8-9,14H,1-7H2,(H,15,16);1H. The lowest BCUT2D eigenvalue weighted by atomic mass is 9.95. The van der Waals surface area contributed by atoms with Crippen molar-refractivity contribution in [1.82, 2.24) is 10.6 Å². The van der Waals surface area contributed by atoms with Crippen LogP contribution in [0.5, 0.6) is 0 Å². The molecule has 3 rings (SSSR count). The fraction of sp³-hybridized carbons (Fsp3) is 0.615. The summed E-state index contributed by atoms with van der Waals surface area (Å²) in [4.78, 5) is 13.6. The molecular weight excluding hydrogens is 268 g/mol. The van der Waals surface area contributed by atoms with Gasteiger partial charge in [-0.2, -0.15) is 0 Å². The van der Waals surface area contributed by atoms with Gasteiger partial charge in [0.1, 0.15) is 0 Å². The average molecular weight is 287 g/mol. The molecule has 1 fully saturated rings. The van der Waals surface area contributed by atoms with Gasteiger partial charge in [0.15, 0.2) is 0 Å². The fourth-order valence-corrected chi connectivity index (χ4v) is 3.85. The van der Waals surface area contributed by atoms with Gasteiger partial charge in [-0.15, -0.1) is 23.7 Å². The van der Waals surface area contributed by atoms with Crippen LogP contribution in [0.2, 0.25) is 0 Å². The number of hydrogen-bond acceptors (Lipinski definition) is 3. The third kappa shape index (κ3) is 2.71. The molecule has 0 radical (unpaired) electrons. The van der Waals surface area contributed by atoms with Gasteiger partial charge in [-0.05, 0) is 44.2 Å². The van der Waals surface area contributed by atoms with Crippen LogP contribution in [0.15, 0.2) is 5.38 Å². The number of thiophene rings is 1. The van der Waals surface area contributed by atoms with E-state index in [9.17, 15) is 4.79 Å². The van der Waals surface area contributed by atoms with E-state index in [1.807, 2.05) is 5.38 Å². The summed E-state index contributed by atoms with van der Waals surface area (Å²) in [5.41, 5.74) is 2.27. The van der Waals surface area contributed by atoms with Gasteiger partial charge in [0.25, 0.3) is 5.91 Å². The molecule has 2 N–H and O–H groups in total. The molecule has 1 aliphatic heterocycles. The maximum atomic E-state index is 12.2. The lowest BCUT2D eigenvalue weighted by Crippen LogP contribution is -2.36. The zero-order valence-corrected chi connectivity index (χ0v) is 12.0. The van der Waals surface area contributed by atoms with E-state index in [1.54, 1.807) is 11.3 Å². The Kier molecular flexibility index (Phi) is 4.65. The van der Waals surface area contributed by atoms with Gasteiger partial charge >= 0.3 is 0 Å². The van der Waals surface area contributed by atoms with Crippen molar-refractivity contribution in [3.05, 3.63) is 21.4 Å². The van der Waals surface area contributed by atoms with E-state index in [-0.39, 0.29) is 18.3 Å². The van der Waals surface area contributed by atoms with Crippen LogP contribution in [0.25, 0.3) is 0 Å². The second-order valence-electron chi connectivity index (χ2n) is 4.92. The Balaban J connectivity index is 0.00000120. The molecule has 0 saturated carbocycles. The smallest absolute Gasteiger partial charge is 0.252 e. The van der Waals surface area contributed by atoms with Crippen LogP contribution in [0.4, 0.5) is 0 Å². The van der Waals surface area contributed by atoms with Crippen LogP contribution in [0.1, 0.15) is 40.1 Å². The van der Waals surface area contributed by atoms with Crippen molar-refractivity contribution in [1.29, 1.82) is 0 Å². The maximum absolute atomic E-state index is 12.2. The molecule has 2 aliphatic rings. The molecular formula is C13H19ClN2OS. The predicted molar refractivity (Wildman–Crippen MR) is 76.9 cm³/mol. The first kappa shape index (κ1) is 13.8. The fourth-order valence-electron chi connectivity index (χ4n) is 2.73. The van der Waals surface area contributed by atoms with Crippen LogP contribution >= 0.6 is 23.7 Å². The van der Waals surface area contributed by atoms with E-state index in [1.165, 1.54) is 23.3 Å². The van der Waals surface area contributed by atoms with E-state index in [2.05, 4.69) is 10.6 Å². The number of carbonyl (C=O) groups is 1. The minimum absolute atomic E-state index is 0.